The molecular weight excluding hydrogens is 188 g/mol. The van der Waals surface area contributed by atoms with Crippen molar-refractivity contribution >= 4 is 0 Å². The molecule has 0 aliphatic rings. The molecule has 1 aromatic rings. The SMILES string of the molecule is CCCc1ccc(OCC(C)CO)cc1. The van der Waals surface area contributed by atoms with Gasteiger partial charge in [0.1, 0.15) is 5.75 Å². The van der Waals surface area contributed by atoms with Crippen molar-refractivity contribution in [3.63, 3.8) is 0 Å². The molecule has 2 nitrogen and oxygen atoms in total. The van der Waals surface area contributed by atoms with Crippen LogP contribution in [0.3, 0.4) is 0 Å². The van der Waals surface area contributed by atoms with Gasteiger partial charge in [0.05, 0.1) is 6.61 Å². The first-order valence-electron chi connectivity index (χ1n) is 5.58. The Morgan fingerprint density at radius 3 is 2.47 bits per heavy atom. The maximum Gasteiger partial charge on any atom is 0.119 e. The van der Waals surface area contributed by atoms with Gasteiger partial charge in [0.2, 0.25) is 0 Å². The number of hydrogen-bond donors (Lipinski definition) is 1. The predicted octanol–water partition coefficient (Wildman–Crippen LogP) is 2.65. The van der Waals surface area contributed by atoms with E-state index < -0.39 is 0 Å². The summed E-state index contributed by atoms with van der Waals surface area (Å²) in [6, 6.07) is 8.19. The van der Waals surface area contributed by atoms with Crippen molar-refractivity contribution in [1.29, 1.82) is 0 Å². The molecule has 0 heterocycles. The van der Waals surface area contributed by atoms with Crippen LogP contribution >= 0.6 is 0 Å². The van der Waals surface area contributed by atoms with Gasteiger partial charge >= 0.3 is 0 Å². The minimum absolute atomic E-state index is 0.175. The van der Waals surface area contributed by atoms with Crippen LogP contribution in [0, 0.1) is 5.92 Å². The highest BCUT2D eigenvalue weighted by molar-refractivity contribution is 5.27. The van der Waals surface area contributed by atoms with E-state index in [1.807, 2.05) is 19.1 Å². The second-order valence-corrected chi connectivity index (χ2v) is 3.99. The Morgan fingerprint density at radius 1 is 1.27 bits per heavy atom. The Balaban J connectivity index is 2.42. The lowest BCUT2D eigenvalue weighted by Crippen LogP contribution is -2.12. The van der Waals surface area contributed by atoms with Gasteiger partial charge in [-0.25, -0.2) is 0 Å². The lowest BCUT2D eigenvalue weighted by atomic mass is 10.1. The van der Waals surface area contributed by atoms with Crippen LogP contribution in [-0.4, -0.2) is 18.3 Å². The molecule has 0 saturated carbocycles. The van der Waals surface area contributed by atoms with Gasteiger partial charge in [-0.05, 0) is 24.1 Å². The number of aliphatic hydroxyl groups excluding tert-OH is 1. The fourth-order valence-electron chi connectivity index (χ4n) is 1.33. The Kier molecular flexibility index (Phi) is 5.19. The minimum atomic E-state index is 0.175. The van der Waals surface area contributed by atoms with E-state index in [1.165, 1.54) is 12.0 Å². The summed E-state index contributed by atoms with van der Waals surface area (Å²) in [5, 5.41) is 8.85. The normalized spacial score (nSPS) is 12.5. The third-order valence-electron chi connectivity index (χ3n) is 2.31. The van der Waals surface area contributed by atoms with Gasteiger partial charge in [0, 0.05) is 12.5 Å². The van der Waals surface area contributed by atoms with Crippen molar-refractivity contribution in [3.8, 4) is 5.75 Å². The number of aryl methyl sites for hydroxylation is 1. The van der Waals surface area contributed by atoms with E-state index in [0.717, 1.165) is 12.2 Å². The average Bonchev–Trinajstić information content (AvgIpc) is 2.28. The van der Waals surface area contributed by atoms with Crippen LogP contribution in [-0.2, 0) is 6.42 Å². The van der Waals surface area contributed by atoms with Gasteiger partial charge in [-0.1, -0.05) is 32.4 Å². The highest BCUT2D eigenvalue weighted by Gasteiger charge is 2.01. The summed E-state index contributed by atoms with van der Waals surface area (Å²) in [5.41, 5.74) is 1.35. The van der Waals surface area contributed by atoms with Crippen LogP contribution in [0.1, 0.15) is 25.8 Å². The summed E-state index contributed by atoms with van der Waals surface area (Å²) in [6.45, 7) is 4.89. The van der Waals surface area contributed by atoms with Crippen molar-refractivity contribution in [2.75, 3.05) is 13.2 Å². The summed E-state index contributed by atoms with van der Waals surface area (Å²) < 4.78 is 5.53. The molecule has 0 fully saturated rings. The number of aliphatic hydroxyl groups is 1. The molecule has 0 saturated heterocycles. The Hall–Kier alpha value is -1.02. The van der Waals surface area contributed by atoms with Crippen molar-refractivity contribution < 1.29 is 9.84 Å². The van der Waals surface area contributed by atoms with E-state index in [9.17, 15) is 0 Å². The lowest BCUT2D eigenvalue weighted by molar-refractivity contribution is 0.174. The fraction of sp³-hybridized carbons (Fsp3) is 0.538. The molecule has 0 spiro atoms. The van der Waals surface area contributed by atoms with Gasteiger partial charge in [0.25, 0.3) is 0 Å². The van der Waals surface area contributed by atoms with Crippen molar-refractivity contribution in [2.24, 2.45) is 5.92 Å². The summed E-state index contributed by atoms with van der Waals surface area (Å²) in [7, 11) is 0. The predicted molar refractivity (Wildman–Crippen MR) is 62.2 cm³/mol. The van der Waals surface area contributed by atoms with Crippen LogP contribution < -0.4 is 4.74 Å². The first-order chi connectivity index (χ1) is 7.26. The first kappa shape index (κ1) is 12.1. The maximum atomic E-state index is 8.85. The van der Waals surface area contributed by atoms with E-state index in [1.54, 1.807) is 0 Å². The van der Waals surface area contributed by atoms with Gasteiger partial charge in [-0.2, -0.15) is 0 Å². The molecule has 1 unspecified atom stereocenters. The molecular formula is C13H20O2. The monoisotopic (exact) mass is 208 g/mol. The molecule has 1 aromatic carbocycles. The second kappa shape index (κ2) is 6.46. The van der Waals surface area contributed by atoms with Crippen molar-refractivity contribution in [1.82, 2.24) is 0 Å². The van der Waals surface area contributed by atoms with Crippen LogP contribution in [0.2, 0.25) is 0 Å². The van der Waals surface area contributed by atoms with Crippen molar-refractivity contribution in [3.05, 3.63) is 29.8 Å². The summed E-state index contributed by atoms with van der Waals surface area (Å²) >= 11 is 0. The van der Waals surface area contributed by atoms with Gasteiger partial charge in [-0.3, -0.25) is 0 Å². The maximum absolute atomic E-state index is 8.85. The molecule has 0 amide bonds. The van der Waals surface area contributed by atoms with Gasteiger partial charge < -0.3 is 9.84 Å². The second-order valence-electron chi connectivity index (χ2n) is 3.99. The lowest BCUT2D eigenvalue weighted by Gasteiger charge is -2.10. The molecule has 0 radical (unpaired) electrons. The topological polar surface area (TPSA) is 29.5 Å². The van der Waals surface area contributed by atoms with E-state index in [0.29, 0.717) is 6.61 Å². The average molecular weight is 208 g/mol. The third-order valence-corrected chi connectivity index (χ3v) is 2.31. The van der Waals surface area contributed by atoms with E-state index in [2.05, 4.69) is 19.1 Å². The van der Waals surface area contributed by atoms with Gasteiger partial charge in [-0.15, -0.1) is 0 Å². The van der Waals surface area contributed by atoms with Crippen LogP contribution in [0.15, 0.2) is 24.3 Å². The molecule has 1 rings (SSSR count). The number of rotatable bonds is 6. The highest BCUT2D eigenvalue weighted by atomic mass is 16.5. The quantitative estimate of drug-likeness (QED) is 0.778. The van der Waals surface area contributed by atoms with Crippen molar-refractivity contribution in [2.45, 2.75) is 26.7 Å². The summed E-state index contributed by atoms with van der Waals surface area (Å²) in [6.07, 6.45) is 2.29. The highest BCUT2D eigenvalue weighted by Crippen LogP contribution is 2.14. The number of benzene rings is 1. The zero-order valence-electron chi connectivity index (χ0n) is 9.57. The minimum Gasteiger partial charge on any atom is -0.493 e. The first-order valence-corrected chi connectivity index (χ1v) is 5.58. The van der Waals surface area contributed by atoms with Crippen LogP contribution in [0.25, 0.3) is 0 Å². The van der Waals surface area contributed by atoms with E-state index in [4.69, 9.17) is 9.84 Å². The molecule has 2 heteroatoms. The standard InChI is InChI=1S/C13H20O2/c1-3-4-12-5-7-13(8-6-12)15-10-11(2)9-14/h5-8,11,14H,3-4,9-10H2,1-2H3. The van der Waals surface area contributed by atoms with Gasteiger partial charge in [0.15, 0.2) is 0 Å². The summed E-state index contributed by atoms with van der Waals surface area (Å²) in [5.74, 6) is 1.08. The zero-order chi connectivity index (χ0) is 11.1. The molecule has 84 valence electrons. The molecule has 1 N–H and O–H groups in total. The Labute approximate surface area is 91.9 Å². The van der Waals surface area contributed by atoms with E-state index in [-0.39, 0.29) is 12.5 Å². The molecule has 0 aliphatic carbocycles. The molecule has 0 aromatic heterocycles. The molecule has 1 atom stereocenters. The Morgan fingerprint density at radius 2 is 1.93 bits per heavy atom. The number of ether oxygens (including phenoxy) is 1. The van der Waals surface area contributed by atoms with Crippen LogP contribution in [0.5, 0.6) is 5.75 Å². The Bertz CT molecular complexity index is 266. The fourth-order valence-corrected chi connectivity index (χ4v) is 1.33. The largest absolute Gasteiger partial charge is 0.493 e. The summed E-state index contributed by atoms with van der Waals surface area (Å²) in [4.78, 5) is 0. The van der Waals surface area contributed by atoms with E-state index >= 15 is 0 Å². The third kappa shape index (κ3) is 4.34. The van der Waals surface area contributed by atoms with Crippen LogP contribution in [0.4, 0.5) is 0 Å². The zero-order valence-corrected chi connectivity index (χ0v) is 9.57. The molecule has 0 aliphatic heterocycles. The molecule has 0 bridgehead atoms. The smallest absolute Gasteiger partial charge is 0.119 e. The molecule has 15 heavy (non-hydrogen) atoms. The number of hydrogen-bond acceptors (Lipinski definition) is 2.